The van der Waals surface area contributed by atoms with Crippen LogP contribution in [0.2, 0.25) is 0 Å². The molecule has 0 spiro atoms. The number of nitrogens with two attached hydrogens (primary N) is 1. The van der Waals surface area contributed by atoms with Crippen molar-refractivity contribution in [3.8, 4) is 17.2 Å². The normalized spacial score (nSPS) is 23.6. The van der Waals surface area contributed by atoms with Crippen molar-refractivity contribution in [3.63, 3.8) is 0 Å². The van der Waals surface area contributed by atoms with Gasteiger partial charge in [-0.05, 0) is 47.4 Å². The van der Waals surface area contributed by atoms with Crippen LogP contribution >= 0.6 is 0 Å². The Hall–Kier alpha value is -2.41. The van der Waals surface area contributed by atoms with Crippen LogP contribution in [0.1, 0.15) is 43.0 Å². The topological polar surface area (TPSA) is 62.7 Å². The van der Waals surface area contributed by atoms with Crippen LogP contribution in [0.25, 0.3) is 11.1 Å². The summed E-state index contributed by atoms with van der Waals surface area (Å²) in [4.78, 5) is 4.58. The highest BCUT2D eigenvalue weighted by Gasteiger charge is 2.54. The second-order valence-corrected chi connectivity index (χ2v) is 7.24. The predicted molar refractivity (Wildman–Crippen MR) is 87.1 cm³/mol. The lowest BCUT2D eigenvalue weighted by atomic mass is 9.48. The van der Waals surface area contributed by atoms with Crippen LogP contribution in [0.5, 0.6) is 0 Å². The van der Waals surface area contributed by atoms with Gasteiger partial charge in [-0.15, -0.1) is 0 Å². The van der Waals surface area contributed by atoms with Gasteiger partial charge in [-0.2, -0.15) is 5.26 Å². The van der Waals surface area contributed by atoms with E-state index >= 15 is 0 Å². The molecular weight excluding hydrogens is 289 g/mol. The van der Waals surface area contributed by atoms with Crippen molar-refractivity contribution in [2.45, 2.75) is 32.6 Å². The molecule has 2 N–H and O–H groups in total. The molecule has 23 heavy (non-hydrogen) atoms. The molecule has 0 saturated heterocycles. The second-order valence-electron chi connectivity index (χ2n) is 7.24. The van der Waals surface area contributed by atoms with E-state index in [4.69, 9.17) is 5.73 Å². The molecule has 1 aromatic heterocycles. The van der Waals surface area contributed by atoms with Gasteiger partial charge in [0, 0.05) is 11.5 Å². The zero-order chi connectivity index (χ0) is 16.4. The lowest BCUT2D eigenvalue weighted by Gasteiger charge is -2.56. The summed E-state index contributed by atoms with van der Waals surface area (Å²) in [5.41, 5.74) is 10.6. The van der Waals surface area contributed by atoms with Gasteiger partial charge >= 0.3 is 0 Å². The molecule has 1 fully saturated rings. The van der Waals surface area contributed by atoms with Crippen molar-refractivity contribution in [1.29, 1.82) is 5.26 Å². The average Bonchev–Trinajstić information content (AvgIpc) is 2.53. The SMILES string of the molecule is CC1(C)[C@H]2Cc3c(nc(N)c(C#N)c3-c3ccc(F)cc3)[C@@H]1C2. The van der Waals surface area contributed by atoms with E-state index in [1.165, 1.54) is 12.1 Å². The summed E-state index contributed by atoms with van der Waals surface area (Å²) < 4.78 is 13.3. The lowest BCUT2D eigenvalue weighted by Crippen LogP contribution is -2.48. The van der Waals surface area contributed by atoms with Gasteiger partial charge < -0.3 is 5.73 Å². The Balaban J connectivity index is 1.99. The fourth-order valence-corrected chi connectivity index (χ4v) is 4.28. The molecule has 3 aliphatic carbocycles. The standard InChI is InChI=1S/C19H18FN3/c1-19(2)11-7-13-16(10-3-5-12(20)6-4-10)14(9-21)18(22)23-17(13)15(19)8-11/h3-6,11,15H,7-8H2,1-2H3,(H2,22,23)/t11-,15-/m0/s1. The highest BCUT2D eigenvalue weighted by atomic mass is 19.1. The minimum absolute atomic E-state index is 0.237. The number of hydrogen-bond donors (Lipinski definition) is 1. The van der Waals surface area contributed by atoms with Gasteiger partial charge in [-0.3, -0.25) is 0 Å². The van der Waals surface area contributed by atoms with Gasteiger partial charge in [0.2, 0.25) is 0 Å². The lowest BCUT2D eigenvalue weighted by molar-refractivity contribution is 0.0158. The van der Waals surface area contributed by atoms with Crippen LogP contribution in [-0.4, -0.2) is 4.98 Å². The zero-order valence-corrected chi connectivity index (χ0v) is 13.2. The Bertz CT molecular complexity index is 846. The summed E-state index contributed by atoms with van der Waals surface area (Å²) in [6.07, 6.45) is 2.05. The number of halogens is 1. The maximum absolute atomic E-state index is 13.3. The number of anilines is 1. The first-order valence-corrected chi connectivity index (χ1v) is 7.91. The van der Waals surface area contributed by atoms with Gasteiger partial charge in [0.1, 0.15) is 23.3 Å². The molecule has 4 heteroatoms. The fourth-order valence-electron chi connectivity index (χ4n) is 4.28. The molecule has 0 amide bonds. The number of nitrogens with zero attached hydrogens (tertiary/aromatic N) is 2. The van der Waals surface area contributed by atoms with Crippen molar-refractivity contribution in [2.75, 3.05) is 5.73 Å². The van der Waals surface area contributed by atoms with Gasteiger partial charge in [-0.1, -0.05) is 26.0 Å². The van der Waals surface area contributed by atoms with Crippen LogP contribution in [-0.2, 0) is 6.42 Å². The quantitative estimate of drug-likeness (QED) is 0.865. The van der Waals surface area contributed by atoms with Gasteiger partial charge in [0.25, 0.3) is 0 Å². The third kappa shape index (κ3) is 1.83. The Morgan fingerprint density at radius 1 is 1.30 bits per heavy atom. The molecule has 2 aromatic rings. The Labute approximate surface area is 135 Å². The maximum Gasteiger partial charge on any atom is 0.142 e. The molecule has 3 aliphatic rings. The Morgan fingerprint density at radius 3 is 2.61 bits per heavy atom. The Kier molecular flexibility index (Phi) is 2.81. The van der Waals surface area contributed by atoms with E-state index in [1.807, 2.05) is 0 Å². The minimum atomic E-state index is -0.285. The van der Waals surface area contributed by atoms with Crippen molar-refractivity contribution >= 4 is 5.82 Å². The molecule has 2 bridgehead atoms. The number of benzene rings is 1. The summed E-state index contributed by atoms with van der Waals surface area (Å²) >= 11 is 0. The third-order valence-electron chi connectivity index (χ3n) is 5.85. The molecule has 0 aliphatic heterocycles. The predicted octanol–water partition coefficient (Wildman–Crippen LogP) is 4.03. The van der Waals surface area contributed by atoms with Crippen LogP contribution < -0.4 is 5.73 Å². The molecular formula is C19H18FN3. The fraction of sp³-hybridized carbons (Fsp3) is 0.368. The van der Waals surface area contributed by atoms with Crippen molar-refractivity contribution in [3.05, 3.63) is 46.9 Å². The molecule has 0 radical (unpaired) electrons. The highest BCUT2D eigenvalue weighted by molar-refractivity contribution is 5.80. The number of aromatic nitrogens is 1. The van der Waals surface area contributed by atoms with E-state index in [9.17, 15) is 9.65 Å². The number of rotatable bonds is 1. The number of nitriles is 1. The van der Waals surface area contributed by atoms with E-state index < -0.39 is 0 Å². The smallest absolute Gasteiger partial charge is 0.142 e. The van der Waals surface area contributed by atoms with Crippen LogP contribution in [0.3, 0.4) is 0 Å². The van der Waals surface area contributed by atoms with E-state index in [2.05, 4.69) is 24.9 Å². The van der Waals surface area contributed by atoms with E-state index in [1.54, 1.807) is 12.1 Å². The van der Waals surface area contributed by atoms with Crippen molar-refractivity contribution < 1.29 is 4.39 Å². The van der Waals surface area contributed by atoms with Crippen LogP contribution in [0.4, 0.5) is 10.2 Å². The van der Waals surface area contributed by atoms with Crippen LogP contribution in [0, 0.1) is 28.5 Å². The third-order valence-corrected chi connectivity index (χ3v) is 5.85. The first-order valence-electron chi connectivity index (χ1n) is 7.91. The Morgan fingerprint density at radius 2 is 2.00 bits per heavy atom. The number of nitrogen functional groups attached to an aromatic ring is 1. The van der Waals surface area contributed by atoms with E-state index in [0.717, 1.165) is 35.2 Å². The summed E-state index contributed by atoms with van der Waals surface area (Å²) in [5, 5.41) is 9.55. The first kappa shape index (κ1) is 14.2. The van der Waals surface area contributed by atoms with Gasteiger partial charge in [0.05, 0.1) is 5.69 Å². The van der Waals surface area contributed by atoms with Gasteiger partial charge in [-0.25, -0.2) is 9.37 Å². The molecule has 3 nitrogen and oxygen atoms in total. The molecule has 5 rings (SSSR count). The molecule has 2 atom stereocenters. The summed E-state index contributed by atoms with van der Waals surface area (Å²) in [6.45, 7) is 4.56. The van der Waals surface area contributed by atoms with Crippen LogP contribution in [0.15, 0.2) is 24.3 Å². The largest absolute Gasteiger partial charge is 0.383 e. The summed E-state index contributed by atoms with van der Waals surface area (Å²) in [7, 11) is 0. The van der Waals surface area contributed by atoms with E-state index in [-0.39, 0.29) is 17.1 Å². The second kappa shape index (κ2) is 4.55. The number of pyridine rings is 1. The molecule has 116 valence electrons. The molecule has 1 saturated carbocycles. The summed E-state index contributed by atoms with van der Waals surface area (Å²) in [5.74, 6) is 1.00. The maximum atomic E-state index is 13.3. The first-order chi connectivity index (χ1) is 10.9. The monoisotopic (exact) mass is 307 g/mol. The van der Waals surface area contributed by atoms with Crippen molar-refractivity contribution in [2.24, 2.45) is 11.3 Å². The van der Waals surface area contributed by atoms with E-state index in [0.29, 0.717) is 17.4 Å². The molecule has 1 aromatic carbocycles. The highest BCUT2D eigenvalue weighted by Crippen LogP contribution is 2.63. The van der Waals surface area contributed by atoms with Gasteiger partial charge in [0.15, 0.2) is 0 Å². The zero-order valence-electron chi connectivity index (χ0n) is 13.2. The minimum Gasteiger partial charge on any atom is -0.383 e. The molecule has 1 heterocycles. The summed E-state index contributed by atoms with van der Waals surface area (Å²) in [6, 6.07) is 8.48. The van der Waals surface area contributed by atoms with Crippen molar-refractivity contribution in [1.82, 2.24) is 4.98 Å². The number of hydrogen-bond acceptors (Lipinski definition) is 3. The average molecular weight is 307 g/mol. The molecule has 0 unspecified atom stereocenters.